The van der Waals surface area contributed by atoms with Gasteiger partial charge in [-0.3, -0.25) is 4.90 Å². The third kappa shape index (κ3) is 4.66. The molecular formula is C20H28N2S. The molecule has 23 heavy (non-hydrogen) atoms. The summed E-state index contributed by atoms with van der Waals surface area (Å²) in [6, 6.07) is 16.1. The van der Waals surface area contributed by atoms with Gasteiger partial charge in [0.15, 0.2) is 0 Å². The van der Waals surface area contributed by atoms with Crippen molar-refractivity contribution in [3.8, 4) is 0 Å². The molecule has 1 aliphatic heterocycles. The molecule has 0 amide bonds. The Morgan fingerprint density at radius 1 is 1.13 bits per heavy atom. The highest BCUT2D eigenvalue weighted by Gasteiger charge is 2.32. The highest BCUT2D eigenvalue weighted by molar-refractivity contribution is 7.11. The first-order valence-corrected chi connectivity index (χ1v) is 9.61. The van der Waals surface area contributed by atoms with E-state index in [1.165, 1.54) is 41.2 Å². The smallest absolute Gasteiger partial charge is 0.0239 e. The van der Waals surface area contributed by atoms with E-state index in [1.807, 2.05) is 11.3 Å². The SMILES string of the molecule is CCCNC1CN(Cc2ccccc2)CC1Cc1ccc(C)s1. The average Bonchev–Trinajstić information content (AvgIpc) is 3.13. The first kappa shape index (κ1) is 16.7. The number of nitrogens with zero attached hydrogens (tertiary/aromatic N) is 1. The molecule has 3 rings (SSSR count). The Bertz CT molecular complexity index is 593. The molecule has 124 valence electrons. The monoisotopic (exact) mass is 328 g/mol. The minimum atomic E-state index is 0.626. The van der Waals surface area contributed by atoms with Gasteiger partial charge in [0.1, 0.15) is 0 Å². The third-order valence-corrected chi connectivity index (χ3v) is 5.70. The zero-order valence-electron chi connectivity index (χ0n) is 14.3. The van der Waals surface area contributed by atoms with E-state index in [4.69, 9.17) is 0 Å². The quantitative estimate of drug-likeness (QED) is 0.823. The van der Waals surface area contributed by atoms with Crippen molar-refractivity contribution in [2.75, 3.05) is 19.6 Å². The van der Waals surface area contributed by atoms with Crippen LogP contribution < -0.4 is 5.32 Å². The zero-order chi connectivity index (χ0) is 16.1. The standard InChI is InChI=1S/C20H28N2S/c1-3-11-21-20-15-22(13-17-7-5-4-6-8-17)14-18(20)12-19-10-9-16(2)23-19/h4-10,18,20-21H,3,11-15H2,1-2H3. The fraction of sp³-hybridized carbons (Fsp3) is 0.500. The number of nitrogens with one attached hydrogen (secondary N) is 1. The number of benzene rings is 1. The van der Waals surface area contributed by atoms with Crippen LogP contribution in [0.25, 0.3) is 0 Å². The predicted octanol–water partition coefficient (Wildman–Crippen LogP) is 4.10. The second-order valence-electron chi connectivity index (χ2n) is 6.72. The zero-order valence-corrected chi connectivity index (χ0v) is 15.1. The van der Waals surface area contributed by atoms with Gasteiger partial charge in [-0.25, -0.2) is 0 Å². The van der Waals surface area contributed by atoms with E-state index in [9.17, 15) is 0 Å². The first-order valence-electron chi connectivity index (χ1n) is 8.79. The number of aryl methyl sites for hydroxylation is 1. The van der Waals surface area contributed by atoms with Gasteiger partial charge < -0.3 is 5.32 Å². The second kappa shape index (κ2) is 8.09. The van der Waals surface area contributed by atoms with Crippen molar-refractivity contribution in [1.29, 1.82) is 0 Å². The van der Waals surface area contributed by atoms with E-state index in [2.05, 4.69) is 66.5 Å². The summed E-state index contributed by atoms with van der Waals surface area (Å²) in [7, 11) is 0. The van der Waals surface area contributed by atoms with Crippen molar-refractivity contribution in [2.24, 2.45) is 5.92 Å². The van der Waals surface area contributed by atoms with Gasteiger partial charge in [-0.1, -0.05) is 37.3 Å². The Morgan fingerprint density at radius 3 is 2.65 bits per heavy atom. The molecule has 2 aromatic rings. The van der Waals surface area contributed by atoms with E-state index in [0.29, 0.717) is 6.04 Å². The Kier molecular flexibility index (Phi) is 5.87. The van der Waals surface area contributed by atoms with Crippen LogP contribution >= 0.6 is 11.3 Å². The molecule has 2 heterocycles. The van der Waals surface area contributed by atoms with Crippen LogP contribution in [-0.4, -0.2) is 30.6 Å². The minimum Gasteiger partial charge on any atom is -0.312 e. The topological polar surface area (TPSA) is 15.3 Å². The summed E-state index contributed by atoms with van der Waals surface area (Å²) in [6.45, 7) is 9.03. The molecule has 1 saturated heterocycles. The van der Waals surface area contributed by atoms with Crippen molar-refractivity contribution in [1.82, 2.24) is 10.2 Å². The van der Waals surface area contributed by atoms with Crippen molar-refractivity contribution >= 4 is 11.3 Å². The van der Waals surface area contributed by atoms with Crippen molar-refractivity contribution in [3.63, 3.8) is 0 Å². The summed E-state index contributed by atoms with van der Waals surface area (Å²) < 4.78 is 0. The van der Waals surface area contributed by atoms with Gasteiger partial charge in [0.2, 0.25) is 0 Å². The van der Waals surface area contributed by atoms with Crippen LogP contribution in [0.4, 0.5) is 0 Å². The lowest BCUT2D eigenvalue weighted by Crippen LogP contribution is -2.37. The maximum atomic E-state index is 3.79. The highest BCUT2D eigenvalue weighted by atomic mass is 32.1. The molecule has 1 N–H and O–H groups in total. The summed E-state index contributed by atoms with van der Waals surface area (Å²) in [5.41, 5.74) is 1.43. The molecule has 2 nitrogen and oxygen atoms in total. The Balaban J connectivity index is 1.63. The van der Waals surface area contributed by atoms with Gasteiger partial charge in [-0.2, -0.15) is 0 Å². The molecule has 0 saturated carbocycles. The van der Waals surface area contributed by atoms with Crippen LogP contribution in [0.15, 0.2) is 42.5 Å². The van der Waals surface area contributed by atoms with Crippen LogP contribution in [0.1, 0.15) is 28.7 Å². The predicted molar refractivity (Wildman–Crippen MR) is 100 cm³/mol. The lowest BCUT2D eigenvalue weighted by molar-refractivity contribution is 0.314. The van der Waals surface area contributed by atoms with E-state index >= 15 is 0 Å². The summed E-state index contributed by atoms with van der Waals surface area (Å²) in [5.74, 6) is 0.725. The maximum Gasteiger partial charge on any atom is 0.0239 e. The average molecular weight is 329 g/mol. The molecule has 1 aliphatic rings. The van der Waals surface area contributed by atoms with Gasteiger partial charge in [-0.15, -0.1) is 11.3 Å². The lowest BCUT2D eigenvalue weighted by Gasteiger charge is -2.19. The Morgan fingerprint density at radius 2 is 1.96 bits per heavy atom. The minimum absolute atomic E-state index is 0.626. The first-order chi connectivity index (χ1) is 11.2. The molecule has 0 spiro atoms. The molecule has 2 unspecified atom stereocenters. The molecule has 0 radical (unpaired) electrons. The second-order valence-corrected chi connectivity index (χ2v) is 8.09. The molecule has 0 bridgehead atoms. The van der Waals surface area contributed by atoms with Crippen molar-refractivity contribution < 1.29 is 0 Å². The van der Waals surface area contributed by atoms with Crippen LogP contribution in [-0.2, 0) is 13.0 Å². The molecule has 2 atom stereocenters. The molecule has 3 heteroatoms. The van der Waals surface area contributed by atoms with Gasteiger partial charge in [-0.05, 0) is 49.9 Å². The van der Waals surface area contributed by atoms with Crippen molar-refractivity contribution in [2.45, 2.75) is 39.3 Å². The van der Waals surface area contributed by atoms with Crippen LogP contribution in [0.5, 0.6) is 0 Å². The van der Waals surface area contributed by atoms with E-state index in [-0.39, 0.29) is 0 Å². The number of thiophene rings is 1. The number of hydrogen-bond donors (Lipinski definition) is 1. The fourth-order valence-corrected chi connectivity index (χ4v) is 4.54. The summed E-state index contributed by atoms with van der Waals surface area (Å²) in [6.07, 6.45) is 2.42. The third-order valence-electron chi connectivity index (χ3n) is 4.68. The number of likely N-dealkylation sites (tertiary alicyclic amines) is 1. The Labute approximate surface area is 144 Å². The Hall–Kier alpha value is -1.16. The molecule has 1 fully saturated rings. The fourth-order valence-electron chi connectivity index (χ4n) is 3.55. The largest absolute Gasteiger partial charge is 0.312 e. The van der Waals surface area contributed by atoms with Crippen molar-refractivity contribution in [3.05, 3.63) is 57.8 Å². The summed E-state index contributed by atoms with van der Waals surface area (Å²) in [4.78, 5) is 5.59. The van der Waals surface area contributed by atoms with E-state index < -0.39 is 0 Å². The van der Waals surface area contributed by atoms with Crippen LogP contribution in [0, 0.1) is 12.8 Å². The maximum absolute atomic E-state index is 3.79. The summed E-state index contributed by atoms with van der Waals surface area (Å²) in [5, 5.41) is 3.79. The van der Waals surface area contributed by atoms with E-state index in [0.717, 1.165) is 19.0 Å². The van der Waals surface area contributed by atoms with Gasteiger partial charge >= 0.3 is 0 Å². The molecule has 0 aliphatic carbocycles. The highest BCUT2D eigenvalue weighted by Crippen LogP contribution is 2.26. The van der Waals surface area contributed by atoms with Crippen LogP contribution in [0.3, 0.4) is 0 Å². The van der Waals surface area contributed by atoms with Gasteiger partial charge in [0, 0.05) is 35.4 Å². The van der Waals surface area contributed by atoms with Crippen LogP contribution in [0.2, 0.25) is 0 Å². The number of hydrogen-bond acceptors (Lipinski definition) is 3. The lowest BCUT2D eigenvalue weighted by atomic mass is 9.99. The molecule has 1 aromatic heterocycles. The van der Waals surface area contributed by atoms with E-state index in [1.54, 1.807) is 0 Å². The number of rotatable bonds is 7. The van der Waals surface area contributed by atoms with Gasteiger partial charge in [0.25, 0.3) is 0 Å². The molecule has 1 aromatic carbocycles. The normalized spacial score (nSPS) is 21.8. The molecular weight excluding hydrogens is 300 g/mol. The van der Waals surface area contributed by atoms with Gasteiger partial charge in [0.05, 0.1) is 0 Å². The summed E-state index contributed by atoms with van der Waals surface area (Å²) >= 11 is 1.96.